The van der Waals surface area contributed by atoms with Crippen molar-refractivity contribution in [3.8, 4) is 0 Å². The molecular formula is C16H21N5O2. The van der Waals surface area contributed by atoms with E-state index in [-0.39, 0.29) is 12.1 Å². The minimum absolute atomic E-state index is 0.155. The second-order valence-corrected chi connectivity index (χ2v) is 5.77. The first-order chi connectivity index (χ1) is 11.2. The largest absolute Gasteiger partial charge is 0.391 e. The van der Waals surface area contributed by atoms with Crippen molar-refractivity contribution in [2.24, 2.45) is 0 Å². The average molecular weight is 315 g/mol. The van der Waals surface area contributed by atoms with Crippen LogP contribution >= 0.6 is 0 Å². The van der Waals surface area contributed by atoms with Crippen LogP contribution in [0.4, 0.5) is 4.79 Å². The summed E-state index contributed by atoms with van der Waals surface area (Å²) in [6.45, 7) is 1.57. The number of piperidine rings is 1. The van der Waals surface area contributed by atoms with Gasteiger partial charge in [-0.15, -0.1) is 0 Å². The lowest BCUT2D eigenvalue weighted by atomic mass is 10.1. The smallest absolute Gasteiger partial charge is 0.318 e. The highest BCUT2D eigenvalue weighted by atomic mass is 16.3. The van der Waals surface area contributed by atoms with Gasteiger partial charge in [-0.3, -0.25) is 4.68 Å². The predicted molar refractivity (Wildman–Crippen MR) is 84.6 cm³/mol. The number of aromatic nitrogens is 3. The van der Waals surface area contributed by atoms with Gasteiger partial charge in [-0.25, -0.2) is 9.78 Å². The first kappa shape index (κ1) is 15.5. The van der Waals surface area contributed by atoms with Crippen molar-refractivity contribution in [1.82, 2.24) is 25.0 Å². The number of urea groups is 1. The first-order valence-electron chi connectivity index (χ1n) is 7.83. The number of hydrogen-bond acceptors (Lipinski definition) is 4. The fraction of sp³-hybridized carbons (Fsp3) is 0.438. The molecule has 0 saturated carbocycles. The maximum atomic E-state index is 12.5. The molecule has 0 spiro atoms. The molecule has 1 aliphatic heterocycles. The molecule has 2 aromatic rings. The Hall–Kier alpha value is -2.41. The number of carbonyl (C=O) groups is 1. The summed E-state index contributed by atoms with van der Waals surface area (Å²) in [4.78, 5) is 18.1. The number of benzene rings is 1. The second kappa shape index (κ2) is 7.23. The van der Waals surface area contributed by atoms with Crippen LogP contribution in [0.2, 0.25) is 0 Å². The molecule has 122 valence electrons. The molecule has 0 bridgehead atoms. The lowest BCUT2D eigenvalue weighted by Gasteiger charge is -2.32. The van der Waals surface area contributed by atoms with Crippen molar-refractivity contribution in [3.63, 3.8) is 0 Å². The Morgan fingerprint density at radius 1 is 1.39 bits per heavy atom. The Bertz CT molecular complexity index is 617. The number of carbonyl (C=O) groups excluding carboxylic acids is 1. The molecule has 2 amide bonds. The maximum absolute atomic E-state index is 12.5. The van der Waals surface area contributed by atoms with Crippen LogP contribution in [-0.2, 0) is 6.54 Å². The van der Waals surface area contributed by atoms with Crippen molar-refractivity contribution >= 4 is 6.03 Å². The lowest BCUT2D eigenvalue weighted by molar-refractivity contribution is 0.0830. The molecule has 1 fully saturated rings. The predicted octanol–water partition coefficient (Wildman–Crippen LogP) is 1.19. The van der Waals surface area contributed by atoms with E-state index in [0.717, 1.165) is 18.4 Å². The topological polar surface area (TPSA) is 83.3 Å². The molecule has 1 aliphatic rings. The van der Waals surface area contributed by atoms with Crippen LogP contribution in [0, 0.1) is 0 Å². The third kappa shape index (κ3) is 4.07. The van der Waals surface area contributed by atoms with E-state index in [4.69, 9.17) is 0 Å². The van der Waals surface area contributed by atoms with Gasteiger partial charge in [0.1, 0.15) is 12.7 Å². The summed E-state index contributed by atoms with van der Waals surface area (Å²) in [5.74, 6) is 0. The van der Waals surface area contributed by atoms with Crippen molar-refractivity contribution < 1.29 is 9.90 Å². The number of β-amino-alcohol motifs (C(OH)–C–C–N with tert-alkyl or cyclic N) is 1. The molecular weight excluding hydrogens is 294 g/mol. The summed E-state index contributed by atoms with van der Waals surface area (Å²) in [6, 6.07) is 9.43. The van der Waals surface area contributed by atoms with Crippen molar-refractivity contribution in [3.05, 3.63) is 48.5 Å². The maximum Gasteiger partial charge on any atom is 0.318 e. The number of aliphatic hydroxyl groups is 1. The molecule has 3 rings (SSSR count). The number of likely N-dealkylation sites (tertiary alicyclic amines) is 1. The molecule has 1 aromatic heterocycles. The minimum Gasteiger partial charge on any atom is -0.391 e. The van der Waals surface area contributed by atoms with Crippen molar-refractivity contribution in [1.29, 1.82) is 0 Å². The van der Waals surface area contributed by atoms with Gasteiger partial charge in [-0.2, -0.15) is 5.10 Å². The molecule has 2 unspecified atom stereocenters. The third-order valence-electron chi connectivity index (χ3n) is 4.02. The molecule has 2 N–H and O–H groups in total. The quantitative estimate of drug-likeness (QED) is 0.887. The van der Waals surface area contributed by atoms with Gasteiger partial charge in [-0.1, -0.05) is 30.3 Å². The molecule has 2 heterocycles. The van der Waals surface area contributed by atoms with Gasteiger partial charge >= 0.3 is 6.03 Å². The van der Waals surface area contributed by atoms with E-state index in [1.165, 1.54) is 6.33 Å². The summed E-state index contributed by atoms with van der Waals surface area (Å²) >= 11 is 0. The van der Waals surface area contributed by atoms with E-state index in [0.29, 0.717) is 19.6 Å². The van der Waals surface area contributed by atoms with Gasteiger partial charge in [0.25, 0.3) is 0 Å². The van der Waals surface area contributed by atoms with Crippen molar-refractivity contribution in [2.75, 3.05) is 13.1 Å². The lowest BCUT2D eigenvalue weighted by Crippen LogP contribution is -2.48. The van der Waals surface area contributed by atoms with E-state index in [2.05, 4.69) is 15.4 Å². The summed E-state index contributed by atoms with van der Waals surface area (Å²) in [6.07, 6.45) is 4.26. The molecule has 1 saturated heterocycles. The van der Waals surface area contributed by atoms with Crippen molar-refractivity contribution in [2.45, 2.75) is 31.5 Å². The molecule has 0 radical (unpaired) electrons. The molecule has 7 nitrogen and oxygen atoms in total. The van der Waals surface area contributed by atoms with Crippen LogP contribution in [0.3, 0.4) is 0 Å². The van der Waals surface area contributed by atoms with Crippen LogP contribution in [0.25, 0.3) is 0 Å². The number of nitrogens with one attached hydrogen (secondary N) is 1. The van der Waals surface area contributed by atoms with Crippen LogP contribution < -0.4 is 5.32 Å². The highest BCUT2D eigenvalue weighted by Crippen LogP contribution is 2.16. The number of nitrogens with zero attached hydrogens (tertiary/aromatic N) is 4. The highest BCUT2D eigenvalue weighted by Gasteiger charge is 2.24. The number of amides is 2. The number of aliphatic hydroxyl groups excluding tert-OH is 1. The summed E-state index contributed by atoms with van der Waals surface area (Å²) < 4.78 is 1.70. The summed E-state index contributed by atoms with van der Waals surface area (Å²) in [5.41, 5.74) is 1.01. The highest BCUT2D eigenvalue weighted by molar-refractivity contribution is 5.74. The first-order valence-corrected chi connectivity index (χ1v) is 7.83. The molecule has 23 heavy (non-hydrogen) atoms. The SMILES string of the molecule is O=C(NC(Cn1cncn1)c1ccccc1)N1CCCC(O)C1. The summed E-state index contributed by atoms with van der Waals surface area (Å²) in [5, 5.41) is 16.9. The third-order valence-corrected chi connectivity index (χ3v) is 4.02. The second-order valence-electron chi connectivity index (χ2n) is 5.77. The number of hydrogen-bond donors (Lipinski definition) is 2. The van der Waals surface area contributed by atoms with Crippen LogP contribution in [0.5, 0.6) is 0 Å². The zero-order valence-corrected chi connectivity index (χ0v) is 12.9. The van der Waals surface area contributed by atoms with E-state index < -0.39 is 6.10 Å². The zero-order chi connectivity index (χ0) is 16.1. The Morgan fingerprint density at radius 2 is 2.22 bits per heavy atom. The Kier molecular flexibility index (Phi) is 4.87. The van der Waals surface area contributed by atoms with Crippen LogP contribution in [0.15, 0.2) is 43.0 Å². The van der Waals surface area contributed by atoms with E-state index in [1.54, 1.807) is 15.9 Å². The average Bonchev–Trinajstić information content (AvgIpc) is 3.08. The minimum atomic E-state index is -0.431. The van der Waals surface area contributed by atoms with Gasteiger partial charge in [0.2, 0.25) is 0 Å². The fourth-order valence-corrected chi connectivity index (χ4v) is 2.81. The number of rotatable bonds is 4. The van der Waals surface area contributed by atoms with E-state index in [1.807, 2.05) is 30.3 Å². The molecule has 0 aliphatic carbocycles. The van der Waals surface area contributed by atoms with Gasteiger partial charge in [0.15, 0.2) is 0 Å². The van der Waals surface area contributed by atoms with Crippen LogP contribution in [-0.4, -0.2) is 50.0 Å². The Labute approximate surface area is 134 Å². The Balaban J connectivity index is 1.71. The van der Waals surface area contributed by atoms with Gasteiger partial charge in [-0.05, 0) is 18.4 Å². The molecule has 1 aromatic carbocycles. The van der Waals surface area contributed by atoms with E-state index in [9.17, 15) is 9.90 Å². The van der Waals surface area contributed by atoms with Gasteiger partial charge in [0.05, 0.1) is 18.7 Å². The normalized spacial score (nSPS) is 19.3. The monoisotopic (exact) mass is 315 g/mol. The van der Waals surface area contributed by atoms with Gasteiger partial charge in [0, 0.05) is 13.1 Å². The molecule has 7 heteroatoms. The fourth-order valence-electron chi connectivity index (χ4n) is 2.81. The van der Waals surface area contributed by atoms with Gasteiger partial charge < -0.3 is 15.3 Å². The standard InChI is InChI=1S/C16H21N5O2/c22-14-7-4-8-20(9-14)16(23)19-15(10-21-12-17-11-18-21)13-5-2-1-3-6-13/h1-3,5-6,11-12,14-15,22H,4,7-10H2,(H,19,23). The summed E-state index contributed by atoms with van der Waals surface area (Å²) in [7, 11) is 0. The van der Waals surface area contributed by atoms with Crippen LogP contribution in [0.1, 0.15) is 24.4 Å². The molecule has 2 atom stereocenters. The zero-order valence-electron chi connectivity index (χ0n) is 12.9. The van der Waals surface area contributed by atoms with E-state index >= 15 is 0 Å². The Morgan fingerprint density at radius 3 is 2.91 bits per heavy atom.